The molecule has 186 valence electrons. The summed E-state index contributed by atoms with van der Waals surface area (Å²) < 4.78 is -0.572. The van der Waals surface area contributed by atoms with Gasteiger partial charge in [-0.05, 0) is 43.7 Å². The summed E-state index contributed by atoms with van der Waals surface area (Å²) in [5.41, 5.74) is 1.50. The van der Waals surface area contributed by atoms with Crippen molar-refractivity contribution in [2.75, 3.05) is 0 Å². The molecule has 34 heavy (non-hydrogen) atoms. The normalized spacial score (nSPS) is 23.1. The first-order chi connectivity index (χ1) is 15.9. The maximum atomic E-state index is 13.6. The second-order valence-corrected chi connectivity index (χ2v) is 11.9. The second-order valence-electron chi connectivity index (χ2n) is 10.2. The van der Waals surface area contributed by atoms with E-state index >= 15 is 0 Å². The lowest BCUT2D eigenvalue weighted by atomic mass is 9.96. The number of nitrogens with one attached hydrogen (secondary N) is 2. The molecule has 8 nitrogen and oxygen atoms in total. The lowest BCUT2D eigenvalue weighted by Gasteiger charge is -2.32. The van der Waals surface area contributed by atoms with Gasteiger partial charge >= 0.3 is 5.97 Å². The molecule has 2 aliphatic rings. The third-order valence-corrected chi connectivity index (χ3v) is 8.20. The van der Waals surface area contributed by atoms with Gasteiger partial charge in [-0.1, -0.05) is 52.3 Å². The Kier molecular flexibility index (Phi) is 7.65. The second kappa shape index (κ2) is 9.98. The summed E-state index contributed by atoms with van der Waals surface area (Å²) in [4.78, 5) is 53.2. The Labute approximate surface area is 205 Å². The van der Waals surface area contributed by atoms with Crippen molar-refractivity contribution in [1.29, 1.82) is 0 Å². The molecule has 0 bridgehead atoms. The van der Waals surface area contributed by atoms with Gasteiger partial charge < -0.3 is 20.6 Å². The summed E-state index contributed by atoms with van der Waals surface area (Å²) in [6, 6.07) is 4.67. The quantitative estimate of drug-likeness (QED) is 0.491. The summed E-state index contributed by atoms with van der Waals surface area (Å²) in [7, 11) is 0. The van der Waals surface area contributed by atoms with Crippen LogP contribution in [0.3, 0.4) is 0 Å². The average Bonchev–Trinajstić information content (AvgIpc) is 3.19. The standard InChI is InChI=1S/C25H35N3O5S/c1-7-14(4)18(24(32)33)27-20(29)17(12-13(2)3)26-21(30)19-25(5,6)34-23-16-11-9-8-10-15(16)22(31)28(19)23/h8-11,13-14,17-19,23H,7,12H2,1-6H3,(H,26,30)(H,27,29)(H,32,33)/t14?,17-,18-,19+,23?/m0/s1. The van der Waals surface area contributed by atoms with E-state index in [1.165, 1.54) is 0 Å². The molecule has 1 fully saturated rings. The van der Waals surface area contributed by atoms with Gasteiger partial charge in [-0.25, -0.2) is 4.79 Å². The molecule has 3 N–H and O–H groups in total. The van der Waals surface area contributed by atoms with Gasteiger partial charge in [-0.3, -0.25) is 14.4 Å². The first-order valence-corrected chi connectivity index (χ1v) is 12.7. The van der Waals surface area contributed by atoms with Crippen molar-refractivity contribution in [3.63, 3.8) is 0 Å². The molecule has 2 aliphatic heterocycles. The van der Waals surface area contributed by atoms with E-state index in [2.05, 4.69) is 10.6 Å². The third-order valence-electron chi connectivity index (χ3n) is 6.66. The zero-order chi connectivity index (χ0) is 25.4. The lowest BCUT2D eigenvalue weighted by Crippen LogP contribution is -2.59. The van der Waals surface area contributed by atoms with E-state index in [1.54, 1.807) is 29.7 Å². The van der Waals surface area contributed by atoms with E-state index in [0.29, 0.717) is 18.4 Å². The van der Waals surface area contributed by atoms with Gasteiger partial charge in [0.05, 0.1) is 0 Å². The third kappa shape index (κ3) is 4.94. The fourth-order valence-corrected chi connectivity index (χ4v) is 6.28. The number of hydrogen-bond acceptors (Lipinski definition) is 5. The van der Waals surface area contributed by atoms with Crippen LogP contribution >= 0.6 is 11.8 Å². The van der Waals surface area contributed by atoms with Crippen LogP contribution < -0.4 is 10.6 Å². The number of carbonyl (C=O) groups excluding carboxylic acids is 3. The largest absolute Gasteiger partial charge is 0.480 e. The molecule has 2 heterocycles. The van der Waals surface area contributed by atoms with Crippen molar-refractivity contribution in [2.45, 2.75) is 82.6 Å². The number of carboxylic acids is 1. The lowest BCUT2D eigenvalue weighted by molar-refractivity contribution is -0.144. The van der Waals surface area contributed by atoms with Gasteiger partial charge in [-0.2, -0.15) is 0 Å². The summed E-state index contributed by atoms with van der Waals surface area (Å²) in [6.07, 6.45) is 0.938. The molecular formula is C25H35N3O5S. The number of nitrogens with zero attached hydrogens (tertiary/aromatic N) is 1. The molecule has 0 spiro atoms. The van der Waals surface area contributed by atoms with Crippen LogP contribution in [0.15, 0.2) is 24.3 Å². The number of benzene rings is 1. The fourth-order valence-electron chi connectivity index (χ4n) is 4.70. The van der Waals surface area contributed by atoms with Crippen LogP contribution in [0, 0.1) is 11.8 Å². The minimum atomic E-state index is -1.10. The minimum Gasteiger partial charge on any atom is -0.480 e. The first kappa shape index (κ1) is 26.1. The van der Waals surface area contributed by atoms with Gasteiger partial charge in [0, 0.05) is 10.3 Å². The number of hydrogen-bond donors (Lipinski definition) is 3. The summed E-state index contributed by atoms with van der Waals surface area (Å²) >= 11 is 1.56. The molecule has 0 radical (unpaired) electrons. The zero-order valence-electron chi connectivity index (χ0n) is 20.6. The number of amides is 3. The van der Waals surface area contributed by atoms with E-state index in [4.69, 9.17) is 0 Å². The molecule has 2 unspecified atom stereocenters. The van der Waals surface area contributed by atoms with Gasteiger partial charge in [0.15, 0.2) is 0 Å². The Morgan fingerprint density at radius 3 is 2.38 bits per heavy atom. The predicted octanol–water partition coefficient (Wildman–Crippen LogP) is 3.18. The van der Waals surface area contributed by atoms with Crippen LogP contribution in [0.25, 0.3) is 0 Å². The molecule has 0 aliphatic carbocycles. The van der Waals surface area contributed by atoms with Gasteiger partial charge in [0.2, 0.25) is 11.8 Å². The van der Waals surface area contributed by atoms with Crippen molar-refractivity contribution < 1.29 is 24.3 Å². The van der Waals surface area contributed by atoms with E-state index in [0.717, 1.165) is 5.56 Å². The van der Waals surface area contributed by atoms with Crippen molar-refractivity contribution in [1.82, 2.24) is 15.5 Å². The summed E-state index contributed by atoms with van der Waals surface area (Å²) in [5, 5.41) is 14.8. The number of rotatable bonds is 9. The number of carboxylic acid groups (broad SMARTS) is 1. The Morgan fingerprint density at radius 1 is 1.15 bits per heavy atom. The van der Waals surface area contributed by atoms with Crippen LogP contribution in [0.4, 0.5) is 0 Å². The van der Waals surface area contributed by atoms with E-state index in [1.807, 2.05) is 52.8 Å². The Morgan fingerprint density at radius 2 is 1.79 bits per heavy atom. The SMILES string of the molecule is CCC(C)[C@H](NC(=O)[C@H](CC(C)C)NC(=O)[C@H]1N2C(=O)c3ccccc3C2SC1(C)C)C(=O)O. The number of carbonyl (C=O) groups is 4. The Hall–Kier alpha value is -2.55. The zero-order valence-corrected chi connectivity index (χ0v) is 21.4. The Bertz CT molecular complexity index is 979. The van der Waals surface area contributed by atoms with E-state index in [-0.39, 0.29) is 23.1 Å². The molecule has 1 saturated heterocycles. The van der Waals surface area contributed by atoms with Crippen molar-refractivity contribution >= 4 is 35.5 Å². The highest BCUT2D eigenvalue weighted by atomic mass is 32.2. The molecule has 1 aromatic carbocycles. The smallest absolute Gasteiger partial charge is 0.326 e. The molecule has 1 aromatic rings. The van der Waals surface area contributed by atoms with Gasteiger partial charge in [0.25, 0.3) is 5.91 Å². The minimum absolute atomic E-state index is 0.0827. The van der Waals surface area contributed by atoms with Crippen LogP contribution in [0.1, 0.15) is 75.7 Å². The maximum absolute atomic E-state index is 13.6. The predicted molar refractivity (Wildman–Crippen MR) is 131 cm³/mol. The van der Waals surface area contributed by atoms with E-state index < -0.39 is 40.7 Å². The Balaban J connectivity index is 1.83. The molecule has 0 saturated carbocycles. The highest BCUT2D eigenvalue weighted by Crippen LogP contribution is 2.56. The van der Waals surface area contributed by atoms with Crippen LogP contribution in [-0.4, -0.2) is 56.6 Å². The number of thioether (sulfide) groups is 1. The van der Waals surface area contributed by atoms with Crippen molar-refractivity contribution in [3.05, 3.63) is 35.4 Å². The summed E-state index contributed by atoms with van der Waals surface area (Å²) in [5.74, 6) is -2.40. The van der Waals surface area contributed by atoms with E-state index in [9.17, 15) is 24.3 Å². The highest BCUT2D eigenvalue weighted by Gasteiger charge is 2.57. The number of fused-ring (bicyclic) bond motifs is 3. The molecular weight excluding hydrogens is 454 g/mol. The van der Waals surface area contributed by atoms with Gasteiger partial charge in [0.1, 0.15) is 23.5 Å². The molecule has 0 aromatic heterocycles. The van der Waals surface area contributed by atoms with Gasteiger partial charge in [-0.15, -0.1) is 11.8 Å². The van der Waals surface area contributed by atoms with Crippen LogP contribution in [-0.2, 0) is 14.4 Å². The van der Waals surface area contributed by atoms with Crippen LogP contribution in [0.5, 0.6) is 0 Å². The topological polar surface area (TPSA) is 116 Å². The molecule has 3 rings (SSSR count). The monoisotopic (exact) mass is 489 g/mol. The summed E-state index contributed by atoms with van der Waals surface area (Å²) in [6.45, 7) is 11.4. The maximum Gasteiger partial charge on any atom is 0.326 e. The molecule has 3 amide bonds. The molecule has 5 atom stereocenters. The average molecular weight is 490 g/mol. The molecule has 9 heteroatoms. The van der Waals surface area contributed by atoms with Crippen LogP contribution in [0.2, 0.25) is 0 Å². The highest BCUT2D eigenvalue weighted by molar-refractivity contribution is 8.01. The number of aliphatic carboxylic acids is 1. The first-order valence-electron chi connectivity index (χ1n) is 11.8. The fraction of sp³-hybridized carbons (Fsp3) is 0.600. The van der Waals surface area contributed by atoms with Crippen molar-refractivity contribution in [2.24, 2.45) is 11.8 Å². The van der Waals surface area contributed by atoms with Crippen molar-refractivity contribution in [3.8, 4) is 0 Å².